The molecule has 0 bridgehead atoms. The minimum atomic E-state index is -0.308. The number of methoxy groups -OCH3 is 1. The lowest BCUT2D eigenvalue weighted by Crippen LogP contribution is -2.07. The molecule has 0 aliphatic rings. The van der Waals surface area contributed by atoms with E-state index in [0.29, 0.717) is 29.6 Å². The molecule has 0 aliphatic heterocycles. The van der Waals surface area contributed by atoms with Crippen molar-refractivity contribution in [1.29, 1.82) is 0 Å². The van der Waals surface area contributed by atoms with E-state index >= 15 is 0 Å². The zero-order chi connectivity index (χ0) is 17.6. The normalized spacial score (nSPS) is 10.5. The highest BCUT2D eigenvalue weighted by atomic mass is 79.9. The molecule has 3 rings (SSSR count). The van der Waals surface area contributed by atoms with Crippen molar-refractivity contribution in [2.45, 2.75) is 13.2 Å². The molecule has 130 valence electrons. The molecule has 2 N–H and O–H groups in total. The molecule has 3 aromatic rings. The van der Waals surface area contributed by atoms with E-state index in [4.69, 9.17) is 9.47 Å². The molecule has 0 spiro atoms. The van der Waals surface area contributed by atoms with E-state index in [9.17, 15) is 4.39 Å². The Kier molecular flexibility index (Phi) is 5.49. The minimum absolute atomic E-state index is 0.0921. The Labute approximate surface area is 152 Å². The first kappa shape index (κ1) is 17.2. The van der Waals surface area contributed by atoms with Gasteiger partial charge in [-0.05, 0) is 18.2 Å². The molecular weight excluding hydrogens is 391 g/mol. The van der Waals surface area contributed by atoms with Gasteiger partial charge in [-0.25, -0.2) is 14.5 Å². The number of aromatic nitrogens is 3. The maximum Gasteiger partial charge on any atom is 0.218 e. The van der Waals surface area contributed by atoms with Crippen LogP contribution in [0, 0.1) is 5.82 Å². The van der Waals surface area contributed by atoms with Gasteiger partial charge in [-0.3, -0.25) is 0 Å². The Morgan fingerprint density at radius 3 is 2.80 bits per heavy atom. The fourth-order valence-electron chi connectivity index (χ4n) is 2.29. The van der Waals surface area contributed by atoms with Crippen LogP contribution in [0.5, 0.6) is 11.5 Å². The summed E-state index contributed by atoms with van der Waals surface area (Å²) in [4.78, 5) is 4.02. The summed E-state index contributed by atoms with van der Waals surface area (Å²) < 4.78 is 26.0. The Morgan fingerprint density at radius 2 is 2.08 bits per heavy atom. The number of nitrogens with one attached hydrogen (secondary N) is 2. The van der Waals surface area contributed by atoms with Crippen LogP contribution in [0.2, 0.25) is 0 Å². The van der Waals surface area contributed by atoms with Crippen molar-refractivity contribution in [3.05, 3.63) is 64.1 Å². The Bertz CT molecular complexity index is 843. The third-order valence-electron chi connectivity index (χ3n) is 3.56. The SMILES string of the molecule is COc1ccc(Br)c(CNc2ncn[nH]2)c1OCc1ccccc1F. The quantitative estimate of drug-likeness (QED) is 0.622. The largest absolute Gasteiger partial charge is 0.493 e. The molecule has 1 aromatic heterocycles. The standard InChI is InChI=1S/C17H16BrFN4O2/c1-24-15-7-6-13(18)12(8-20-17-21-10-22-23-17)16(15)25-9-11-4-2-3-5-14(11)19/h2-7,10H,8-9H2,1H3,(H2,20,21,22,23). The van der Waals surface area contributed by atoms with E-state index in [2.05, 4.69) is 36.4 Å². The van der Waals surface area contributed by atoms with Gasteiger partial charge in [0.25, 0.3) is 0 Å². The fourth-order valence-corrected chi connectivity index (χ4v) is 2.75. The third kappa shape index (κ3) is 4.08. The Hall–Kier alpha value is -2.61. The predicted molar refractivity (Wildman–Crippen MR) is 95.1 cm³/mol. The van der Waals surface area contributed by atoms with Crippen molar-refractivity contribution < 1.29 is 13.9 Å². The van der Waals surface area contributed by atoms with Crippen molar-refractivity contribution in [1.82, 2.24) is 15.2 Å². The molecule has 25 heavy (non-hydrogen) atoms. The lowest BCUT2D eigenvalue weighted by Gasteiger charge is -2.17. The zero-order valence-corrected chi connectivity index (χ0v) is 15.0. The van der Waals surface area contributed by atoms with E-state index in [1.807, 2.05) is 6.07 Å². The van der Waals surface area contributed by atoms with Crippen LogP contribution in [0.4, 0.5) is 10.3 Å². The average Bonchev–Trinajstić information content (AvgIpc) is 3.14. The summed E-state index contributed by atoms with van der Waals surface area (Å²) in [6.45, 7) is 0.508. The molecule has 1 heterocycles. The van der Waals surface area contributed by atoms with E-state index in [-0.39, 0.29) is 12.4 Å². The van der Waals surface area contributed by atoms with Crippen LogP contribution in [0.1, 0.15) is 11.1 Å². The highest BCUT2D eigenvalue weighted by Crippen LogP contribution is 2.37. The first-order chi connectivity index (χ1) is 12.2. The lowest BCUT2D eigenvalue weighted by atomic mass is 10.1. The van der Waals surface area contributed by atoms with Gasteiger partial charge in [-0.1, -0.05) is 34.1 Å². The van der Waals surface area contributed by atoms with Gasteiger partial charge in [0.15, 0.2) is 11.5 Å². The molecule has 2 aromatic carbocycles. The molecular formula is C17H16BrFN4O2. The number of rotatable bonds is 7. The smallest absolute Gasteiger partial charge is 0.218 e. The van der Waals surface area contributed by atoms with Gasteiger partial charge in [-0.15, -0.1) is 0 Å². The van der Waals surface area contributed by atoms with Crippen LogP contribution in [0.25, 0.3) is 0 Å². The van der Waals surface area contributed by atoms with Crippen LogP contribution in [0.15, 0.2) is 47.2 Å². The summed E-state index contributed by atoms with van der Waals surface area (Å²) >= 11 is 3.52. The maximum atomic E-state index is 13.8. The number of nitrogens with zero attached hydrogens (tertiary/aromatic N) is 2. The molecule has 6 nitrogen and oxygen atoms in total. The van der Waals surface area contributed by atoms with Gasteiger partial charge in [0.1, 0.15) is 18.8 Å². The van der Waals surface area contributed by atoms with Crippen molar-refractivity contribution >= 4 is 21.9 Å². The Balaban J connectivity index is 1.84. The summed E-state index contributed by atoms with van der Waals surface area (Å²) in [6.07, 6.45) is 1.42. The first-order valence-corrected chi connectivity index (χ1v) is 8.29. The summed E-state index contributed by atoms with van der Waals surface area (Å²) in [6, 6.07) is 10.2. The maximum absolute atomic E-state index is 13.8. The molecule has 0 unspecified atom stereocenters. The van der Waals surface area contributed by atoms with Gasteiger partial charge in [-0.2, -0.15) is 5.10 Å². The Morgan fingerprint density at radius 1 is 1.24 bits per heavy atom. The summed E-state index contributed by atoms with van der Waals surface area (Å²) in [5, 5.41) is 9.64. The summed E-state index contributed by atoms with van der Waals surface area (Å²) in [5.41, 5.74) is 1.30. The zero-order valence-electron chi connectivity index (χ0n) is 13.4. The molecule has 0 amide bonds. The van der Waals surface area contributed by atoms with Gasteiger partial charge in [0.2, 0.25) is 5.95 Å². The van der Waals surface area contributed by atoms with Crippen molar-refractivity contribution in [3.8, 4) is 11.5 Å². The topological polar surface area (TPSA) is 72.1 Å². The monoisotopic (exact) mass is 406 g/mol. The lowest BCUT2D eigenvalue weighted by molar-refractivity contribution is 0.276. The molecule has 0 aliphatic carbocycles. The van der Waals surface area contributed by atoms with Gasteiger partial charge < -0.3 is 14.8 Å². The summed E-state index contributed by atoms with van der Waals surface area (Å²) in [5.74, 6) is 1.33. The number of hydrogen-bond donors (Lipinski definition) is 2. The van der Waals surface area contributed by atoms with Crippen molar-refractivity contribution in [2.24, 2.45) is 0 Å². The first-order valence-electron chi connectivity index (χ1n) is 7.50. The number of benzene rings is 2. The van der Waals surface area contributed by atoms with E-state index in [0.717, 1.165) is 10.0 Å². The molecule has 0 fully saturated rings. The second-order valence-electron chi connectivity index (χ2n) is 5.13. The summed E-state index contributed by atoms with van der Waals surface area (Å²) in [7, 11) is 1.56. The second kappa shape index (κ2) is 7.98. The number of aromatic amines is 1. The number of anilines is 1. The highest BCUT2D eigenvalue weighted by molar-refractivity contribution is 9.10. The predicted octanol–water partition coefficient (Wildman–Crippen LogP) is 3.91. The van der Waals surface area contributed by atoms with Gasteiger partial charge in [0, 0.05) is 22.1 Å². The number of halogens is 2. The second-order valence-corrected chi connectivity index (χ2v) is 5.98. The minimum Gasteiger partial charge on any atom is -0.493 e. The average molecular weight is 407 g/mol. The fraction of sp³-hybridized carbons (Fsp3) is 0.176. The van der Waals surface area contributed by atoms with Gasteiger partial charge in [0.05, 0.1) is 7.11 Å². The number of ether oxygens (including phenoxy) is 2. The third-order valence-corrected chi connectivity index (χ3v) is 4.31. The molecule has 0 saturated heterocycles. The van der Waals surface area contributed by atoms with E-state index in [1.54, 1.807) is 31.4 Å². The molecule has 8 heteroatoms. The number of H-pyrrole nitrogens is 1. The van der Waals surface area contributed by atoms with Crippen LogP contribution in [0.3, 0.4) is 0 Å². The van der Waals surface area contributed by atoms with Gasteiger partial charge >= 0.3 is 0 Å². The highest BCUT2D eigenvalue weighted by Gasteiger charge is 2.16. The van der Waals surface area contributed by atoms with Crippen molar-refractivity contribution in [2.75, 3.05) is 12.4 Å². The van der Waals surface area contributed by atoms with Crippen LogP contribution < -0.4 is 14.8 Å². The van der Waals surface area contributed by atoms with E-state index < -0.39 is 0 Å². The number of hydrogen-bond acceptors (Lipinski definition) is 5. The molecule has 0 radical (unpaired) electrons. The molecule has 0 saturated carbocycles. The molecule has 0 atom stereocenters. The van der Waals surface area contributed by atoms with Crippen LogP contribution in [-0.4, -0.2) is 22.3 Å². The van der Waals surface area contributed by atoms with Crippen molar-refractivity contribution in [3.63, 3.8) is 0 Å². The van der Waals surface area contributed by atoms with E-state index in [1.165, 1.54) is 12.4 Å². The van der Waals surface area contributed by atoms with Crippen LogP contribution >= 0.6 is 15.9 Å². The van der Waals surface area contributed by atoms with Crippen LogP contribution in [-0.2, 0) is 13.2 Å².